The lowest BCUT2D eigenvalue weighted by atomic mass is 9.59. The van der Waals surface area contributed by atoms with Gasteiger partial charge in [0, 0.05) is 16.8 Å². The van der Waals surface area contributed by atoms with Crippen molar-refractivity contribution in [3.8, 4) is 0 Å². The lowest BCUT2D eigenvalue weighted by Gasteiger charge is -2.58. The molecule has 2 aliphatic heterocycles. The van der Waals surface area contributed by atoms with Crippen LogP contribution in [0.25, 0.3) is 0 Å². The van der Waals surface area contributed by atoms with E-state index in [1.165, 1.54) is 4.88 Å². The minimum absolute atomic E-state index is 0.121. The topological polar surface area (TPSA) is 44.5 Å². The standard InChI is InChI=1S/C11H15NO2S/c12-4-10(5-13-6-10)11(7-14-8-11)9-2-1-3-15-9/h1-3H,4-8,12H2. The number of ether oxygens (including phenoxy) is 2. The van der Waals surface area contributed by atoms with E-state index in [4.69, 9.17) is 15.2 Å². The molecule has 2 fully saturated rings. The molecule has 0 aromatic carbocycles. The van der Waals surface area contributed by atoms with E-state index < -0.39 is 0 Å². The number of rotatable bonds is 3. The molecular formula is C11H15NO2S. The maximum atomic E-state index is 5.94. The van der Waals surface area contributed by atoms with Crippen LogP contribution >= 0.6 is 11.3 Å². The van der Waals surface area contributed by atoms with Crippen molar-refractivity contribution in [2.45, 2.75) is 5.41 Å². The number of nitrogens with two attached hydrogens (primary N) is 1. The third-order valence-corrected chi connectivity index (χ3v) is 4.93. The molecule has 0 unspecified atom stereocenters. The summed E-state index contributed by atoms with van der Waals surface area (Å²) in [4.78, 5) is 1.41. The zero-order valence-electron chi connectivity index (χ0n) is 8.57. The van der Waals surface area contributed by atoms with Crippen molar-refractivity contribution in [2.24, 2.45) is 11.1 Å². The molecule has 0 amide bonds. The minimum atomic E-state index is 0.121. The van der Waals surface area contributed by atoms with Crippen molar-refractivity contribution in [1.82, 2.24) is 0 Å². The molecule has 82 valence electrons. The second-order valence-electron chi connectivity index (χ2n) is 4.53. The van der Waals surface area contributed by atoms with E-state index in [0.29, 0.717) is 6.54 Å². The highest BCUT2D eigenvalue weighted by atomic mass is 32.1. The van der Waals surface area contributed by atoms with Crippen molar-refractivity contribution >= 4 is 11.3 Å². The van der Waals surface area contributed by atoms with Crippen molar-refractivity contribution in [3.63, 3.8) is 0 Å². The van der Waals surface area contributed by atoms with Gasteiger partial charge in [0.2, 0.25) is 0 Å². The van der Waals surface area contributed by atoms with Crippen LogP contribution in [0.5, 0.6) is 0 Å². The quantitative estimate of drug-likeness (QED) is 0.834. The van der Waals surface area contributed by atoms with Crippen LogP contribution in [0, 0.1) is 5.41 Å². The molecule has 0 bridgehead atoms. The highest BCUT2D eigenvalue weighted by molar-refractivity contribution is 7.10. The summed E-state index contributed by atoms with van der Waals surface area (Å²) in [6.45, 7) is 3.85. The van der Waals surface area contributed by atoms with E-state index in [2.05, 4.69) is 17.5 Å². The molecule has 0 atom stereocenters. The van der Waals surface area contributed by atoms with E-state index in [1.807, 2.05) is 0 Å². The third-order valence-electron chi connectivity index (χ3n) is 3.85. The largest absolute Gasteiger partial charge is 0.380 e. The highest BCUT2D eigenvalue weighted by Crippen LogP contribution is 2.52. The molecule has 0 saturated carbocycles. The summed E-state index contributed by atoms with van der Waals surface area (Å²) in [6.07, 6.45) is 0. The highest BCUT2D eigenvalue weighted by Gasteiger charge is 2.60. The first kappa shape index (κ1) is 9.78. The molecule has 3 nitrogen and oxygen atoms in total. The van der Waals surface area contributed by atoms with Crippen LogP contribution in [-0.2, 0) is 14.9 Å². The average Bonchev–Trinajstić information content (AvgIpc) is 2.60. The first-order valence-corrected chi connectivity index (χ1v) is 6.11. The zero-order chi connectivity index (χ0) is 10.4. The molecule has 2 saturated heterocycles. The molecule has 1 aromatic heterocycles. The van der Waals surface area contributed by atoms with Crippen molar-refractivity contribution in [3.05, 3.63) is 22.4 Å². The van der Waals surface area contributed by atoms with Gasteiger partial charge in [0.15, 0.2) is 0 Å². The zero-order valence-corrected chi connectivity index (χ0v) is 9.39. The van der Waals surface area contributed by atoms with Crippen LogP contribution in [0.1, 0.15) is 4.88 Å². The SMILES string of the molecule is NCC1(C2(c3cccs3)COC2)COC1. The maximum absolute atomic E-state index is 5.94. The Bertz CT molecular complexity index is 336. The molecule has 0 aliphatic carbocycles. The van der Waals surface area contributed by atoms with E-state index in [1.54, 1.807) is 11.3 Å². The normalized spacial score (nSPS) is 26.7. The van der Waals surface area contributed by atoms with Gasteiger partial charge in [-0.05, 0) is 11.4 Å². The predicted octanol–water partition coefficient (Wildman–Crippen LogP) is 0.991. The number of thiophene rings is 1. The molecule has 1 aromatic rings. The fourth-order valence-electron chi connectivity index (χ4n) is 2.50. The first-order valence-electron chi connectivity index (χ1n) is 5.23. The minimum Gasteiger partial charge on any atom is -0.380 e. The van der Waals surface area contributed by atoms with Gasteiger partial charge in [0.05, 0.1) is 31.8 Å². The van der Waals surface area contributed by atoms with Crippen LogP contribution in [0.15, 0.2) is 17.5 Å². The molecule has 3 heterocycles. The lowest BCUT2D eigenvalue weighted by Crippen LogP contribution is -2.69. The average molecular weight is 225 g/mol. The molecule has 2 aliphatic rings. The molecular weight excluding hydrogens is 210 g/mol. The van der Waals surface area contributed by atoms with Gasteiger partial charge in [0.1, 0.15) is 0 Å². The summed E-state index contributed by atoms with van der Waals surface area (Å²) in [5.74, 6) is 0. The molecule has 3 rings (SSSR count). The van der Waals surface area contributed by atoms with Crippen molar-refractivity contribution in [1.29, 1.82) is 0 Å². The van der Waals surface area contributed by atoms with Crippen LogP contribution in [0.4, 0.5) is 0 Å². The molecule has 4 heteroatoms. The Balaban J connectivity index is 1.99. The van der Waals surface area contributed by atoms with Crippen molar-refractivity contribution in [2.75, 3.05) is 33.0 Å². The first-order chi connectivity index (χ1) is 7.33. The third kappa shape index (κ3) is 1.11. The van der Waals surface area contributed by atoms with Crippen LogP contribution in [-0.4, -0.2) is 33.0 Å². The van der Waals surface area contributed by atoms with Gasteiger partial charge >= 0.3 is 0 Å². The van der Waals surface area contributed by atoms with Gasteiger partial charge in [-0.3, -0.25) is 0 Å². The summed E-state index contributed by atoms with van der Waals surface area (Å²) in [5.41, 5.74) is 6.19. The van der Waals surface area contributed by atoms with Crippen LogP contribution in [0.3, 0.4) is 0 Å². The molecule has 2 N–H and O–H groups in total. The smallest absolute Gasteiger partial charge is 0.0626 e. The lowest BCUT2D eigenvalue weighted by molar-refractivity contribution is -0.222. The second kappa shape index (κ2) is 3.28. The fraction of sp³-hybridized carbons (Fsp3) is 0.636. The van der Waals surface area contributed by atoms with Gasteiger partial charge in [-0.25, -0.2) is 0 Å². The number of hydrogen-bond donors (Lipinski definition) is 1. The molecule has 15 heavy (non-hydrogen) atoms. The Hall–Kier alpha value is -0.420. The summed E-state index contributed by atoms with van der Waals surface area (Å²) >= 11 is 1.81. The summed E-state index contributed by atoms with van der Waals surface area (Å²) in [7, 11) is 0. The van der Waals surface area contributed by atoms with E-state index in [9.17, 15) is 0 Å². The predicted molar refractivity (Wildman–Crippen MR) is 59.1 cm³/mol. The Morgan fingerprint density at radius 2 is 2.00 bits per heavy atom. The second-order valence-corrected chi connectivity index (χ2v) is 5.48. The van der Waals surface area contributed by atoms with Crippen LogP contribution in [0.2, 0.25) is 0 Å². The van der Waals surface area contributed by atoms with Crippen LogP contribution < -0.4 is 5.73 Å². The van der Waals surface area contributed by atoms with Gasteiger partial charge in [-0.15, -0.1) is 11.3 Å². The molecule has 0 spiro atoms. The summed E-state index contributed by atoms with van der Waals surface area (Å²) in [6, 6.07) is 4.30. The van der Waals surface area contributed by atoms with E-state index in [-0.39, 0.29) is 10.8 Å². The maximum Gasteiger partial charge on any atom is 0.0626 e. The van der Waals surface area contributed by atoms with Crippen molar-refractivity contribution < 1.29 is 9.47 Å². The summed E-state index contributed by atoms with van der Waals surface area (Å²) < 4.78 is 10.8. The molecule has 0 radical (unpaired) electrons. The summed E-state index contributed by atoms with van der Waals surface area (Å²) in [5, 5.41) is 2.12. The monoisotopic (exact) mass is 225 g/mol. The van der Waals surface area contributed by atoms with Gasteiger partial charge in [-0.2, -0.15) is 0 Å². The van der Waals surface area contributed by atoms with Gasteiger partial charge in [0.25, 0.3) is 0 Å². The van der Waals surface area contributed by atoms with E-state index >= 15 is 0 Å². The Labute approximate surface area is 93.2 Å². The Kier molecular flexibility index (Phi) is 2.14. The Morgan fingerprint density at radius 1 is 1.27 bits per heavy atom. The van der Waals surface area contributed by atoms with Gasteiger partial charge in [-0.1, -0.05) is 6.07 Å². The fourth-order valence-corrected chi connectivity index (χ4v) is 3.53. The Morgan fingerprint density at radius 3 is 2.33 bits per heavy atom. The van der Waals surface area contributed by atoms with E-state index in [0.717, 1.165) is 26.4 Å². The van der Waals surface area contributed by atoms with Gasteiger partial charge < -0.3 is 15.2 Å². The number of hydrogen-bond acceptors (Lipinski definition) is 4.